The van der Waals surface area contributed by atoms with E-state index in [0.29, 0.717) is 5.92 Å². The summed E-state index contributed by atoms with van der Waals surface area (Å²) in [6.07, 6.45) is 1.03. The Morgan fingerprint density at radius 2 is 1.89 bits per heavy atom. The second-order valence-electron chi connectivity index (χ2n) is 5.09. The average molecular weight is 274 g/mol. The van der Waals surface area contributed by atoms with E-state index in [0.717, 1.165) is 25.2 Å². The molecule has 0 amide bonds. The zero-order chi connectivity index (χ0) is 13.7. The lowest BCUT2D eigenvalue weighted by Gasteiger charge is -2.07. The number of thiazole rings is 1. The first-order valence-electron chi connectivity index (χ1n) is 6.92. The molecule has 0 unspecified atom stereocenters. The van der Waals surface area contributed by atoms with E-state index in [2.05, 4.69) is 60.7 Å². The maximum absolute atomic E-state index is 4.55. The highest BCUT2D eigenvalue weighted by molar-refractivity contribution is 7.09. The molecule has 0 saturated carbocycles. The number of aryl methyl sites for hydroxylation is 1. The summed E-state index contributed by atoms with van der Waals surface area (Å²) < 4.78 is 0. The Morgan fingerprint density at radius 3 is 2.47 bits per heavy atom. The Labute approximate surface area is 119 Å². The van der Waals surface area contributed by atoms with Gasteiger partial charge in [-0.3, -0.25) is 0 Å². The lowest BCUT2D eigenvalue weighted by atomic mass is 10.0. The third-order valence-corrected chi connectivity index (χ3v) is 4.23. The largest absolute Gasteiger partial charge is 0.307 e. The van der Waals surface area contributed by atoms with E-state index in [9.17, 15) is 0 Å². The van der Waals surface area contributed by atoms with E-state index in [1.807, 2.05) is 0 Å². The summed E-state index contributed by atoms with van der Waals surface area (Å²) in [7, 11) is 0. The minimum Gasteiger partial charge on any atom is -0.307 e. The van der Waals surface area contributed by atoms with Crippen LogP contribution in [0, 0.1) is 0 Å². The third-order valence-electron chi connectivity index (χ3n) is 3.18. The van der Waals surface area contributed by atoms with Crippen LogP contribution in [0.4, 0.5) is 0 Å². The Bertz CT molecular complexity index is 500. The molecule has 0 aliphatic rings. The van der Waals surface area contributed by atoms with Gasteiger partial charge in [0.2, 0.25) is 0 Å². The highest BCUT2D eigenvalue weighted by Gasteiger charge is 2.01. The molecular formula is C16H22N2S. The van der Waals surface area contributed by atoms with Gasteiger partial charge >= 0.3 is 0 Å². The van der Waals surface area contributed by atoms with Crippen LogP contribution in [0.3, 0.4) is 0 Å². The second-order valence-corrected chi connectivity index (χ2v) is 6.03. The topological polar surface area (TPSA) is 24.9 Å². The molecule has 0 fully saturated rings. The van der Waals surface area contributed by atoms with Crippen LogP contribution >= 0.6 is 11.3 Å². The Balaban J connectivity index is 1.82. The van der Waals surface area contributed by atoms with Crippen LogP contribution < -0.4 is 5.32 Å². The number of aromatic nitrogens is 1. The van der Waals surface area contributed by atoms with E-state index in [1.54, 1.807) is 11.3 Å². The molecule has 0 radical (unpaired) electrons. The molecule has 1 aromatic heterocycles. The quantitative estimate of drug-likeness (QED) is 0.857. The lowest BCUT2D eigenvalue weighted by Crippen LogP contribution is -2.13. The number of hydrogen-bond donors (Lipinski definition) is 1. The molecule has 102 valence electrons. The summed E-state index contributed by atoms with van der Waals surface area (Å²) in [6, 6.07) is 8.86. The van der Waals surface area contributed by atoms with E-state index in [-0.39, 0.29) is 0 Å². The van der Waals surface area contributed by atoms with Crippen molar-refractivity contribution in [2.75, 3.05) is 0 Å². The maximum Gasteiger partial charge on any atom is 0.0926 e. The van der Waals surface area contributed by atoms with Gasteiger partial charge in [0.25, 0.3) is 0 Å². The standard InChI is InChI=1S/C16H22N2S/c1-4-16-18-15(11-19-16)10-17-9-13-5-7-14(8-6-13)12(2)3/h5-8,11-12,17H,4,9-10H2,1-3H3. The van der Waals surface area contributed by atoms with E-state index in [4.69, 9.17) is 0 Å². The number of nitrogens with one attached hydrogen (secondary N) is 1. The van der Waals surface area contributed by atoms with Crippen LogP contribution in [0.5, 0.6) is 0 Å². The van der Waals surface area contributed by atoms with Crippen LogP contribution in [0.25, 0.3) is 0 Å². The van der Waals surface area contributed by atoms with E-state index >= 15 is 0 Å². The summed E-state index contributed by atoms with van der Waals surface area (Å²) in [5.74, 6) is 0.601. The van der Waals surface area contributed by atoms with Crippen LogP contribution in [-0.2, 0) is 19.5 Å². The second kappa shape index (κ2) is 6.83. The fourth-order valence-electron chi connectivity index (χ4n) is 1.95. The highest BCUT2D eigenvalue weighted by Crippen LogP contribution is 2.15. The molecule has 2 nitrogen and oxygen atoms in total. The summed E-state index contributed by atoms with van der Waals surface area (Å²) in [4.78, 5) is 4.55. The molecule has 2 aromatic rings. The van der Waals surface area contributed by atoms with Crippen LogP contribution in [-0.4, -0.2) is 4.98 Å². The monoisotopic (exact) mass is 274 g/mol. The van der Waals surface area contributed by atoms with Gasteiger partial charge in [0.05, 0.1) is 10.7 Å². The van der Waals surface area contributed by atoms with Crippen molar-refractivity contribution in [3.8, 4) is 0 Å². The van der Waals surface area contributed by atoms with Gasteiger partial charge in [-0.2, -0.15) is 0 Å². The molecule has 1 heterocycles. The predicted octanol–water partition coefficient (Wildman–Crippen LogP) is 4.12. The molecule has 3 heteroatoms. The molecule has 0 aliphatic carbocycles. The van der Waals surface area contributed by atoms with Crippen molar-refractivity contribution < 1.29 is 0 Å². The maximum atomic E-state index is 4.55. The van der Waals surface area contributed by atoms with Gasteiger partial charge in [0.15, 0.2) is 0 Å². The van der Waals surface area contributed by atoms with Gasteiger partial charge in [-0.15, -0.1) is 11.3 Å². The summed E-state index contributed by atoms with van der Waals surface area (Å²) >= 11 is 1.75. The fraction of sp³-hybridized carbons (Fsp3) is 0.438. The minimum atomic E-state index is 0.601. The third kappa shape index (κ3) is 4.15. The minimum absolute atomic E-state index is 0.601. The summed E-state index contributed by atoms with van der Waals surface area (Å²) in [5.41, 5.74) is 3.88. The Kier molecular flexibility index (Phi) is 5.11. The first kappa shape index (κ1) is 14.2. The molecule has 1 aromatic carbocycles. The van der Waals surface area contributed by atoms with Gasteiger partial charge < -0.3 is 5.32 Å². The number of benzene rings is 1. The summed E-state index contributed by atoms with van der Waals surface area (Å²) in [6.45, 7) is 8.34. The van der Waals surface area contributed by atoms with Crippen molar-refractivity contribution >= 4 is 11.3 Å². The van der Waals surface area contributed by atoms with Crippen molar-refractivity contribution in [1.82, 2.24) is 10.3 Å². The van der Waals surface area contributed by atoms with Crippen molar-refractivity contribution in [2.24, 2.45) is 0 Å². The molecular weight excluding hydrogens is 252 g/mol. The molecule has 2 rings (SSSR count). The Morgan fingerprint density at radius 1 is 1.16 bits per heavy atom. The smallest absolute Gasteiger partial charge is 0.0926 e. The first-order chi connectivity index (χ1) is 9.19. The van der Waals surface area contributed by atoms with Crippen molar-refractivity contribution in [1.29, 1.82) is 0 Å². The van der Waals surface area contributed by atoms with Crippen LogP contribution in [0.15, 0.2) is 29.6 Å². The summed E-state index contributed by atoms with van der Waals surface area (Å²) in [5, 5.41) is 6.82. The van der Waals surface area contributed by atoms with Gasteiger partial charge in [-0.05, 0) is 23.5 Å². The molecule has 0 spiro atoms. The van der Waals surface area contributed by atoms with Gasteiger partial charge in [0.1, 0.15) is 0 Å². The highest BCUT2D eigenvalue weighted by atomic mass is 32.1. The zero-order valence-corrected chi connectivity index (χ0v) is 12.8. The van der Waals surface area contributed by atoms with Crippen LogP contribution in [0.1, 0.15) is 48.5 Å². The fourth-order valence-corrected chi connectivity index (χ4v) is 2.69. The SMILES string of the molecule is CCc1nc(CNCc2ccc(C(C)C)cc2)cs1. The number of rotatable bonds is 6. The van der Waals surface area contributed by atoms with E-state index in [1.165, 1.54) is 16.1 Å². The van der Waals surface area contributed by atoms with Gasteiger partial charge in [-0.25, -0.2) is 4.98 Å². The zero-order valence-electron chi connectivity index (χ0n) is 11.9. The van der Waals surface area contributed by atoms with Crippen molar-refractivity contribution in [3.63, 3.8) is 0 Å². The lowest BCUT2D eigenvalue weighted by molar-refractivity contribution is 0.680. The molecule has 19 heavy (non-hydrogen) atoms. The van der Waals surface area contributed by atoms with Gasteiger partial charge in [0, 0.05) is 18.5 Å². The molecule has 0 bridgehead atoms. The average Bonchev–Trinajstić information content (AvgIpc) is 2.87. The number of hydrogen-bond acceptors (Lipinski definition) is 3. The molecule has 0 aliphatic heterocycles. The first-order valence-corrected chi connectivity index (χ1v) is 7.79. The predicted molar refractivity (Wildman–Crippen MR) is 82.6 cm³/mol. The van der Waals surface area contributed by atoms with Crippen molar-refractivity contribution in [2.45, 2.75) is 46.2 Å². The number of nitrogens with zero attached hydrogens (tertiary/aromatic N) is 1. The van der Waals surface area contributed by atoms with E-state index < -0.39 is 0 Å². The molecule has 1 N–H and O–H groups in total. The molecule has 0 atom stereocenters. The van der Waals surface area contributed by atoms with Crippen LogP contribution in [0.2, 0.25) is 0 Å². The van der Waals surface area contributed by atoms with Gasteiger partial charge in [-0.1, -0.05) is 45.0 Å². The van der Waals surface area contributed by atoms with Crippen molar-refractivity contribution in [3.05, 3.63) is 51.5 Å². The normalized spacial score (nSPS) is 11.2. The Hall–Kier alpha value is -1.19. The molecule has 0 saturated heterocycles.